The average Bonchev–Trinajstić information content (AvgIpc) is 2.38. The second kappa shape index (κ2) is 7.16. The topological polar surface area (TPSA) is 58.6 Å². The first-order valence-electron chi connectivity index (χ1n) is 6.37. The van der Waals surface area contributed by atoms with Gasteiger partial charge in [0.15, 0.2) is 0 Å². The van der Waals surface area contributed by atoms with E-state index < -0.39 is 0 Å². The summed E-state index contributed by atoms with van der Waals surface area (Å²) in [4.78, 5) is 25.1. The van der Waals surface area contributed by atoms with Gasteiger partial charge >= 0.3 is 5.97 Å². The first-order valence-corrected chi connectivity index (χ1v) is 6.37. The molecular formula is C13H22N2O3. The Balaban J connectivity index is 2.45. The number of nitrogens with zero attached hydrogens (tertiary/aromatic N) is 1. The summed E-state index contributed by atoms with van der Waals surface area (Å²) in [5.41, 5.74) is 0.453. The average molecular weight is 254 g/mol. The highest BCUT2D eigenvalue weighted by Gasteiger charge is 2.26. The van der Waals surface area contributed by atoms with E-state index in [2.05, 4.69) is 16.8 Å². The SMILES string of the molecule is C=C(CN1CCCC(C(=O)NC)C1)C(=O)OCC. The molecule has 1 rings (SSSR count). The maximum Gasteiger partial charge on any atom is 0.334 e. The minimum Gasteiger partial charge on any atom is -0.463 e. The number of carbonyl (C=O) groups is 2. The molecular weight excluding hydrogens is 232 g/mol. The standard InChI is InChI=1S/C13H22N2O3/c1-4-18-13(17)10(2)8-15-7-5-6-11(9-15)12(16)14-3/h11H,2,4-9H2,1,3H3,(H,14,16). The zero-order valence-corrected chi connectivity index (χ0v) is 11.2. The third-order valence-corrected chi connectivity index (χ3v) is 3.10. The summed E-state index contributed by atoms with van der Waals surface area (Å²) in [5, 5.41) is 2.67. The molecule has 1 saturated heterocycles. The Bertz CT molecular complexity index is 328. The summed E-state index contributed by atoms with van der Waals surface area (Å²) in [6.45, 7) is 7.92. The zero-order chi connectivity index (χ0) is 13.5. The van der Waals surface area contributed by atoms with Crippen LogP contribution >= 0.6 is 0 Å². The van der Waals surface area contributed by atoms with Crippen LogP contribution in [0.3, 0.4) is 0 Å². The van der Waals surface area contributed by atoms with E-state index in [1.165, 1.54) is 0 Å². The summed E-state index contributed by atoms with van der Waals surface area (Å²) < 4.78 is 4.90. The van der Waals surface area contributed by atoms with Gasteiger partial charge in [-0.3, -0.25) is 9.69 Å². The van der Waals surface area contributed by atoms with Gasteiger partial charge in [-0.1, -0.05) is 6.58 Å². The highest BCUT2D eigenvalue weighted by Crippen LogP contribution is 2.17. The van der Waals surface area contributed by atoms with Crippen molar-refractivity contribution in [2.24, 2.45) is 5.92 Å². The van der Waals surface area contributed by atoms with Crippen LogP contribution in [0.2, 0.25) is 0 Å². The Hall–Kier alpha value is -1.36. The van der Waals surface area contributed by atoms with Crippen molar-refractivity contribution in [2.45, 2.75) is 19.8 Å². The van der Waals surface area contributed by atoms with Gasteiger partial charge in [0.05, 0.1) is 12.5 Å². The second-order valence-electron chi connectivity index (χ2n) is 4.51. The molecule has 0 bridgehead atoms. The van der Waals surface area contributed by atoms with Crippen LogP contribution in [-0.2, 0) is 14.3 Å². The van der Waals surface area contributed by atoms with Crippen molar-refractivity contribution < 1.29 is 14.3 Å². The highest BCUT2D eigenvalue weighted by molar-refractivity contribution is 5.88. The molecule has 0 radical (unpaired) electrons. The van der Waals surface area contributed by atoms with Gasteiger partial charge in [-0.15, -0.1) is 0 Å². The van der Waals surface area contributed by atoms with E-state index >= 15 is 0 Å². The van der Waals surface area contributed by atoms with E-state index in [1.807, 2.05) is 0 Å². The van der Waals surface area contributed by atoms with E-state index in [0.29, 0.717) is 25.3 Å². The highest BCUT2D eigenvalue weighted by atomic mass is 16.5. The van der Waals surface area contributed by atoms with Crippen molar-refractivity contribution in [3.05, 3.63) is 12.2 Å². The lowest BCUT2D eigenvalue weighted by Gasteiger charge is -2.31. The van der Waals surface area contributed by atoms with Crippen LogP contribution in [0.15, 0.2) is 12.2 Å². The molecule has 1 N–H and O–H groups in total. The lowest BCUT2D eigenvalue weighted by molar-refractivity contribution is -0.138. The minimum absolute atomic E-state index is 0.0127. The molecule has 0 spiro atoms. The maximum atomic E-state index is 11.6. The fourth-order valence-corrected chi connectivity index (χ4v) is 2.18. The number of carbonyl (C=O) groups excluding carboxylic acids is 2. The molecule has 5 heteroatoms. The van der Waals surface area contributed by atoms with Crippen molar-refractivity contribution in [1.29, 1.82) is 0 Å². The molecule has 1 amide bonds. The smallest absolute Gasteiger partial charge is 0.334 e. The number of hydrogen-bond acceptors (Lipinski definition) is 4. The predicted molar refractivity (Wildman–Crippen MR) is 69.0 cm³/mol. The minimum atomic E-state index is -0.348. The van der Waals surface area contributed by atoms with E-state index in [1.54, 1.807) is 14.0 Å². The Labute approximate surface area is 108 Å². The lowest BCUT2D eigenvalue weighted by atomic mass is 9.97. The van der Waals surface area contributed by atoms with E-state index in [0.717, 1.165) is 19.4 Å². The van der Waals surface area contributed by atoms with Crippen molar-refractivity contribution in [1.82, 2.24) is 10.2 Å². The van der Waals surface area contributed by atoms with Gasteiger partial charge in [0.1, 0.15) is 0 Å². The first-order chi connectivity index (χ1) is 8.58. The predicted octanol–water partition coefficient (Wildman–Crippen LogP) is 0.564. The summed E-state index contributed by atoms with van der Waals surface area (Å²) >= 11 is 0. The van der Waals surface area contributed by atoms with Crippen LogP contribution in [0.4, 0.5) is 0 Å². The summed E-state index contributed by atoms with van der Waals surface area (Å²) in [6.07, 6.45) is 1.87. The summed E-state index contributed by atoms with van der Waals surface area (Å²) in [6, 6.07) is 0. The molecule has 0 aromatic heterocycles. The number of likely N-dealkylation sites (tertiary alicyclic amines) is 1. The number of ether oxygens (including phenoxy) is 1. The van der Waals surface area contributed by atoms with Crippen molar-refractivity contribution in [3.63, 3.8) is 0 Å². The second-order valence-corrected chi connectivity index (χ2v) is 4.51. The van der Waals surface area contributed by atoms with Crippen molar-refractivity contribution in [2.75, 3.05) is 33.3 Å². The Morgan fingerprint density at radius 1 is 1.50 bits per heavy atom. The lowest BCUT2D eigenvalue weighted by Crippen LogP contribution is -2.43. The molecule has 0 aromatic carbocycles. The fourth-order valence-electron chi connectivity index (χ4n) is 2.18. The molecule has 1 aliphatic rings. The number of esters is 1. The van der Waals surface area contributed by atoms with Gasteiger partial charge in [-0.2, -0.15) is 0 Å². The summed E-state index contributed by atoms with van der Waals surface area (Å²) in [5.74, 6) is -0.264. The molecule has 0 saturated carbocycles. The van der Waals surface area contributed by atoms with Crippen LogP contribution < -0.4 is 5.32 Å². The molecule has 0 aliphatic carbocycles. The molecule has 18 heavy (non-hydrogen) atoms. The van der Waals surface area contributed by atoms with Crippen LogP contribution in [0, 0.1) is 5.92 Å². The Morgan fingerprint density at radius 2 is 2.22 bits per heavy atom. The fraction of sp³-hybridized carbons (Fsp3) is 0.692. The van der Waals surface area contributed by atoms with E-state index in [-0.39, 0.29) is 17.8 Å². The molecule has 5 nitrogen and oxygen atoms in total. The van der Waals surface area contributed by atoms with Crippen LogP contribution in [-0.4, -0.2) is 50.1 Å². The molecule has 0 aromatic rings. The Kier molecular flexibility index (Phi) is 5.85. The number of rotatable bonds is 5. The number of piperidine rings is 1. The van der Waals surface area contributed by atoms with E-state index in [4.69, 9.17) is 4.74 Å². The number of hydrogen-bond donors (Lipinski definition) is 1. The van der Waals surface area contributed by atoms with Crippen LogP contribution in [0.1, 0.15) is 19.8 Å². The van der Waals surface area contributed by atoms with Crippen molar-refractivity contribution >= 4 is 11.9 Å². The molecule has 1 atom stereocenters. The summed E-state index contributed by atoms with van der Waals surface area (Å²) in [7, 11) is 1.65. The third kappa shape index (κ3) is 4.14. The number of nitrogens with one attached hydrogen (secondary N) is 1. The largest absolute Gasteiger partial charge is 0.463 e. The third-order valence-electron chi connectivity index (χ3n) is 3.10. The Morgan fingerprint density at radius 3 is 2.83 bits per heavy atom. The molecule has 1 unspecified atom stereocenters. The quantitative estimate of drug-likeness (QED) is 0.575. The van der Waals surface area contributed by atoms with Gasteiger partial charge in [-0.05, 0) is 26.3 Å². The molecule has 1 heterocycles. The molecule has 1 fully saturated rings. The number of amides is 1. The first kappa shape index (κ1) is 14.7. The van der Waals surface area contributed by atoms with Gasteiger partial charge < -0.3 is 10.1 Å². The van der Waals surface area contributed by atoms with Gasteiger partial charge in [-0.25, -0.2) is 4.79 Å². The van der Waals surface area contributed by atoms with Gasteiger partial charge in [0.2, 0.25) is 5.91 Å². The maximum absolute atomic E-state index is 11.6. The van der Waals surface area contributed by atoms with Crippen molar-refractivity contribution in [3.8, 4) is 0 Å². The van der Waals surface area contributed by atoms with Gasteiger partial charge in [0.25, 0.3) is 0 Å². The zero-order valence-electron chi connectivity index (χ0n) is 11.2. The van der Waals surface area contributed by atoms with Gasteiger partial charge in [0, 0.05) is 25.7 Å². The van der Waals surface area contributed by atoms with Crippen LogP contribution in [0.5, 0.6) is 0 Å². The van der Waals surface area contributed by atoms with E-state index in [9.17, 15) is 9.59 Å². The molecule has 102 valence electrons. The molecule has 1 aliphatic heterocycles. The normalized spacial score (nSPS) is 20.2. The van der Waals surface area contributed by atoms with Crippen LogP contribution in [0.25, 0.3) is 0 Å². The monoisotopic (exact) mass is 254 g/mol.